The molecule has 3 N–H and O–H groups in total. The van der Waals surface area contributed by atoms with Crippen LogP contribution in [0.3, 0.4) is 0 Å². The molecule has 1 unspecified atom stereocenters. The summed E-state index contributed by atoms with van der Waals surface area (Å²) >= 11 is 0. The van der Waals surface area contributed by atoms with Gasteiger partial charge in [-0.1, -0.05) is 42.5 Å². The number of hydrogen-bond donors (Lipinski definition) is 3. The van der Waals surface area contributed by atoms with E-state index < -0.39 is 17.9 Å². The number of ether oxygens (including phenoxy) is 2. The van der Waals surface area contributed by atoms with Gasteiger partial charge in [0, 0.05) is 31.7 Å². The maximum Gasteiger partial charge on any atom is 0.328 e. The van der Waals surface area contributed by atoms with Crippen LogP contribution in [-0.4, -0.2) is 71.0 Å². The minimum absolute atomic E-state index is 0.101. The molecular formula is C27H33NO8. The van der Waals surface area contributed by atoms with Gasteiger partial charge in [-0.3, -0.25) is 4.79 Å². The molecule has 2 aromatic rings. The van der Waals surface area contributed by atoms with Gasteiger partial charge < -0.3 is 29.7 Å². The van der Waals surface area contributed by atoms with Crippen LogP contribution in [0.5, 0.6) is 5.75 Å². The summed E-state index contributed by atoms with van der Waals surface area (Å²) in [5.74, 6) is -2.39. The Hall–Kier alpha value is -3.69. The minimum Gasteiger partial charge on any atom is -0.497 e. The van der Waals surface area contributed by atoms with Crippen LogP contribution in [0, 0.1) is 0 Å². The molecule has 1 saturated heterocycles. The highest BCUT2D eigenvalue weighted by molar-refractivity contribution is 5.89. The molecule has 9 heteroatoms. The lowest BCUT2D eigenvalue weighted by molar-refractivity contribution is -0.137. The van der Waals surface area contributed by atoms with Crippen LogP contribution in [-0.2, 0) is 19.1 Å². The van der Waals surface area contributed by atoms with Crippen molar-refractivity contribution in [3.05, 3.63) is 77.9 Å². The van der Waals surface area contributed by atoms with Gasteiger partial charge in [0.2, 0.25) is 0 Å². The average Bonchev–Trinajstić information content (AvgIpc) is 2.88. The third kappa shape index (κ3) is 10.7. The van der Waals surface area contributed by atoms with Crippen LogP contribution in [0.1, 0.15) is 42.9 Å². The van der Waals surface area contributed by atoms with Crippen molar-refractivity contribution in [2.75, 3.05) is 26.7 Å². The molecule has 1 fully saturated rings. The van der Waals surface area contributed by atoms with E-state index in [9.17, 15) is 14.4 Å². The molecule has 0 spiro atoms. The Morgan fingerprint density at radius 1 is 0.917 bits per heavy atom. The number of likely N-dealkylation sites (tertiary alicyclic amines) is 1. The third-order valence-electron chi connectivity index (χ3n) is 5.62. The molecule has 3 rings (SSSR count). The van der Waals surface area contributed by atoms with Crippen molar-refractivity contribution in [2.45, 2.75) is 37.9 Å². The standard InChI is InChI=1S/C23H29NO4.C4H4O4/c1-27-20-11-9-19(10-12-20)23(18-6-3-2-4-7-18)28-21-13-16-24(17-14-21)15-5-8-22(25)26;5-3(6)1-2-4(7)8/h2-4,6-7,9-12,21,23H,5,8,13-17H2,1H3,(H,25,26);1-2H,(H,5,6)(H,7,8)/b;2-1+. The Kier molecular flexibility index (Phi) is 12.2. The Morgan fingerprint density at radius 2 is 1.47 bits per heavy atom. The van der Waals surface area contributed by atoms with Gasteiger partial charge in [-0.2, -0.15) is 0 Å². The number of aliphatic carboxylic acids is 3. The minimum atomic E-state index is -1.26. The molecule has 194 valence electrons. The molecule has 0 aliphatic carbocycles. The topological polar surface area (TPSA) is 134 Å². The zero-order chi connectivity index (χ0) is 26.3. The molecule has 9 nitrogen and oxygen atoms in total. The zero-order valence-electron chi connectivity index (χ0n) is 20.3. The van der Waals surface area contributed by atoms with Crippen molar-refractivity contribution in [1.82, 2.24) is 4.90 Å². The first kappa shape index (κ1) is 28.5. The summed E-state index contributed by atoms with van der Waals surface area (Å²) < 4.78 is 11.8. The number of nitrogens with zero attached hydrogens (tertiary/aromatic N) is 1. The molecule has 2 aromatic carbocycles. The number of carboxylic acid groups (broad SMARTS) is 3. The van der Waals surface area contributed by atoms with Crippen LogP contribution < -0.4 is 4.74 Å². The summed E-state index contributed by atoms with van der Waals surface area (Å²) in [5.41, 5.74) is 2.27. The smallest absolute Gasteiger partial charge is 0.328 e. The van der Waals surface area contributed by atoms with Crippen molar-refractivity contribution >= 4 is 17.9 Å². The molecule has 1 atom stereocenters. The quantitative estimate of drug-likeness (QED) is 0.394. The largest absolute Gasteiger partial charge is 0.497 e. The number of benzene rings is 2. The predicted octanol–water partition coefficient (Wildman–Crippen LogP) is 3.84. The number of rotatable bonds is 11. The summed E-state index contributed by atoms with van der Waals surface area (Å²) in [4.78, 5) is 32.1. The van der Waals surface area contributed by atoms with E-state index in [1.165, 1.54) is 0 Å². The first-order valence-electron chi connectivity index (χ1n) is 11.7. The van der Waals surface area contributed by atoms with Crippen molar-refractivity contribution in [3.8, 4) is 5.75 Å². The van der Waals surface area contributed by atoms with Gasteiger partial charge in [0.1, 0.15) is 11.9 Å². The molecule has 0 aromatic heterocycles. The Labute approximate surface area is 210 Å². The number of piperidine rings is 1. The molecule has 1 aliphatic rings. The van der Waals surface area contributed by atoms with Gasteiger partial charge >= 0.3 is 17.9 Å². The molecule has 0 amide bonds. The van der Waals surface area contributed by atoms with Crippen molar-refractivity contribution in [1.29, 1.82) is 0 Å². The summed E-state index contributed by atoms with van der Waals surface area (Å²) in [5, 5.41) is 24.4. The second-order valence-electron chi connectivity index (χ2n) is 8.25. The van der Waals surface area contributed by atoms with Crippen LogP contribution >= 0.6 is 0 Å². The highest BCUT2D eigenvalue weighted by atomic mass is 16.5. The maximum absolute atomic E-state index is 10.7. The number of carbonyl (C=O) groups is 3. The van der Waals surface area contributed by atoms with Crippen molar-refractivity contribution in [3.63, 3.8) is 0 Å². The number of hydrogen-bond acceptors (Lipinski definition) is 6. The predicted molar refractivity (Wildman–Crippen MR) is 133 cm³/mol. The van der Waals surface area contributed by atoms with Crippen LogP contribution in [0.2, 0.25) is 0 Å². The van der Waals surface area contributed by atoms with E-state index in [2.05, 4.69) is 29.2 Å². The van der Waals surface area contributed by atoms with E-state index >= 15 is 0 Å². The van der Waals surface area contributed by atoms with Gasteiger partial charge in [0.25, 0.3) is 0 Å². The van der Waals surface area contributed by atoms with Crippen molar-refractivity contribution in [2.24, 2.45) is 0 Å². The highest BCUT2D eigenvalue weighted by Crippen LogP contribution is 2.31. The summed E-state index contributed by atoms with van der Waals surface area (Å²) in [6.45, 7) is 2.75. The number of methoxy groups -OCH3 is 1. The molecule has 1 heterocycles. The van der Waals surface area contributed by atoms with Crippen LogP contribution in [0.25, 0.3) is 0 Å². The van der Waals surface area contributed by atoms with Gasteiger partial charge in [0.05, 0.1) is 13.2 Å². The molecule has 0 bridgehead atoms. The van der Waals surface area contributed by atoms with Crippen LogP contribution in [0.15, 0.2) is 66.7 Å². The first-order valence-corrected chi connectivity index (χ1v) is 11.7. The SMILES string of the molecule is COc1ccc(C(OC2CCN(CCCC(=O)O)CC2)c2ccccc2)cc1.O=C(O)/C=C/C(=O)O. The van der Waals surface area contributed by atoms with E-state index in [1.807, 2.05) is 30.3 Å². The Bertz CT molecular complexity index is 967. The zero-order valence-corrected chi connectivity index (χ0v) is 20.3. The fourth-order valence-electron chi connectivity index (χ4n) is 3.81. The van der Waals surface area contributed by atoms with E-state index in [-0.39, 0.29) is 18.6 Å². The van der Waals surface area contributed by atoms with Gasteiger partial charge in [-0.15, -0.1) is 0 Å². The second-order valence-corrected chi connectivity index (χ2v) is 8.25. The fourth-order valence-corrected chi connectivity index (χ4v) is 3.81. The normalized spacial score (nSPS) is 15.0. The molecule has 1 aliphatic heterocycles. The van der Waals surface area contributed by atoms with Crippen LogP contribution in [0.4, 0.5) is 0 Å². The summed E-state index contributed by atoms with van der Waals surface area (Å²) in [7, 11) is 1.67. The average molecular weight is 500 g/mol. The van der Waals surface area contributed by atoms with Gasteiger partial charge in [-0.25, -0.2) is 9.59 Å². The lowest BCUT2D eigenvalue weighted by Crippen LogP contribution is -2.38. The molecule has 0 radical (unpaired) electrons. The summed E-state index contributed by atoms with van der Waals surface area (Å²) in [6.07, 6.45) is 4.09. The summed E-state index contributed by atoms with van der Waals surface area (Å²) in [6, 6.07) is 18.4. The molecular weight excluding hydrogens is 466 g/mol. The first-order chi connectivity index (χ1) is 17.3. The molecule has 0 saturated carbocycles. The van der Waals surface area contributed by atoms with Gasteiger partial charge in [0.15, 0.2) is 0 Å². The second kappa shape index (κ2) is 15.3. The molecule has 36 heavy (non-hydrogen) atoms. The highest BCUT2D eigenvalue weighted by Gasteiger charge is 2.24. The van der Waals surface area contributed by atoms with E-state index in [0.29, 0.717) is 18.6 Å². The maximum atomic E-state index is 10.7. The monoisotopic (exact) mass is 499 g/mol. The van der Waals surface area contributed by atoms with Crippen molar-refractivity contribution < 1.29 is 39.2 Å². The number of carboxylic acids is 3. The third-order valence-corrected chi connectivity index (χ3v) is 5.62. The Morgan fingerprint density at radius 3 is 1.97 bits per heavy atom. The lowest BCUT2D eigenvalue weighted by atomic mass is 10.00. The van der Waals surface area contributed by atoms with E-state index in [4.69, 9.17) is 24.8 Å². The van der Waals surface area contributed by atoms with E-state index in [1.54, 1.807) is 7.11 Å². The Balaban J connectivity index is 0.000000493. The fraction of sp³-hybridized carbons (Fsp3) is 0.370. The van der Waals surface area contributed by atoms with E-state index in [0.717, 1.165) is 49.4 Å². The van der Waals surface area contributed by atoms with Gasteiger partial charge in [-0.05, 0) is 49.1 Å². The lowest BCUT2D eigenvalue weighted by Gasteiger charge is -2.34.